The van der Waals surface area contributed by atoms with E-state index in [1.807, 2.05) is 36.6 Å². The smallest absolute Gasteiger partial charge is 0.224 e. The molecule has 1 aromatic heterocycles. The topological polar surface area (TPSA) is 46.8 Å². The van der Waals surface area contributed by atoms with Gasteiger partial charge in [-0.15, -0.1) is 0 Å². The zero-order valence-electron chi connectivity index (χ0n) is 9.56. The first-order chi connectivity index (χ1) is 8.13. The molecule has 0 aliphatic heterocycles. The summed E-state index contributed by atoms with van der Waals surface area (Å²) in [7, 11) is 0. The monoisotopic (exact) mass is 261 g/mol. The van der Waals surface area contributed by atoms with Gasteiger partial charge in [0.25, 0.3) is 0 Å². The van der Waals surface area contributed by atoms with Gasteiger partial charge in [0.1, 0.15) is 17.9 Å². The second-order valence-electron chi connectivity index (χ2n) is 3.74. The average Bonchev–Trinajstić information content (AvgIpc) is 2.73. The van der Waals surface area contributed by atoms with Crippen molar-refractivity contribution in [3.05, 3.63) is 40.8 Å². The van der Waals surface area contributed by atoms with E-state index in [4.69, 9.17) is 0 Å². The Labute approximate surface area is 108 Å². The molecule has 86 valence electrons. The van der Waals surface area contributed by atoms with E-state index in [9.17, 15) is 9.81 Å². The van der Waals surface area contributed by atoms with Gasteiger partial charge >= 0.3 is 0 Å². The third kappa shape index (κ3) is 2.37. The van der Waals surface area contributed by atoms with Crippen molar-refractivity contribution >= 4 is 22.5 Å². The van der Waals surface area contributed by atoms with Crippen LogP contribution in [-0.4, -0.2) is 10.8 Å². The molecule has 2 aromatic rings. The molecule has 2 nitrogen and oxygen atoms in total. The molecule has 4 heteroatoms. The van der Waals surface area contributed by atoms with E-state index < -0.39 is 11.2 Å². The van der Waals surface area contributed by atoms with Crippen molar-refractivity contribution in [3.63, 3.8) is 0 Å². The molecule has 0 aliphatic rings. The molecule has 1 heterocycles. The van der Waals surface area contributed by atoms with E-state index in [-0.39, 0.29) is 0 Å². The van der Waals surface area contributed by atoms with Crippen molar-refractivity contribution in [2.45, 2.75) is 11.1 Å². The normalized spacial score (nSPS) is 12.1. The third-order valence-electron chi connectivity index (χ3n) is 2.49. The predicted molar refractivity (Wildman–Crippen MR) is 71.5 cm³/mol. The van der Waals surface area contributed by atoms with Crippen molar-refractivity contribution in [2.24, 2.45) is 0 Å². The fraction of sp³-hybridized carbons (Fsp3) is 0.154. The molecule has 0 spiro atoms. The minimum Gasteiger partial charge on any atom is -0.611 e. The van der Waals surface area contributed by atoms with Gasteiger partial charge in [-0.2, -0.15) is 5.26 Å². The molecule has 0 bridgehead atoms. The molecule has 1 unspecified atom stereocenters. The standard InChI is InChI=1S/C13H11NOS2/c1-9-3-5-10(6-4-9)12-8-16-13(17(2)15)11(12)7-14/h3-6,8H,1-2H3. The van der Waals surface area contributed by atoms with E-state index in [1.165, 1.54) is 16.9 Å². The van der Waals surface area contributed by atoms with E-state index in [0.717, 1.165) is 11.1 Å². The summed E-state index contributed by atoms with van der Waals surface area (Å²) in [5, 5.41) is 11.1. The van der Waals surface area contributed by atoms with Crippen molar-refractivity contribution in [1.29, 1.82) is 5.26 Å². The van der Waals surface area contributed by atoms with Crippen LogP contribution in [0, 0.1) is 18.3 Å². The zero-order valence-corrected chi connectivity index (χ0v) is 11.2. The van der Waals surface area contributed by atoms with E-state index >= 15 is 0 Å². The van der Waals surface area contributed by atoms with E-state index in [1.54, 1.807) is 6.26 Å². The number of rotatable bonds is 2. The van der Waals surface area contributed by atoms with E-state index in [0.29, 0.717) is 9.77 Å². The summed E-state index contributed by atoms with van der Waals surface area (Å²) in [5.74, 6) is 0. The van der Waals surface area contributed by atoms with Gasteiger partial charge in [0, 0.05) is 10.9 Å². The number of aryl methyl sites for hydroxylation is 1. The van der Waals surface area contributed by atoms with E-state index in [2.05, 4.69) is 6.07 Å². The van der Waals surface area contributed by atoms with Gasteiger partial charge in [-0.1, -0.05) is 41.2 Å². The maximum atomic E-state index is 11.5. The Morgan fingerprint density at radius 3 is 2.47 bits per heavy atom. The minimum atomic E-state index is -1.10. The van der Waals surface area contributed by atoms with Gasteiger partial charge in [0.2, 0.25) is 4.21 Å². The Kier molecular flexibility index (Phi) is 3.53. The Hall–Kier alpha value is -1.28. The van der Waals surface area contributed by atoms with Crippen molar-refractivity contribution in [1.82, 2.24) is 0 Å². The predicted octanol–water partition coefficient (Wildman–Crippen LogP) is 3.33. The Balaban J connectivity index is 2.53. The van der Waals surface area contributed by atoms with Crippen LogP contribution >= 0.6 is 11.3 Å². The van der Waals surface area contributed by atoms with Crippen molar-refractivity contribution in [2.75, 3.05) is 6.26 Å². The summed E-state index contributed by atoms with van der Waals surface area (Å²) in [6.45, 7) is 2.02. The Morgan fingerprint density at radius 2 is 1.94 bits per heavy atom. The van der Waals surface area contributed by atoms with Crippen LogP contribution in [0.2, 0.25) is 0 Å². The maximum absolute atomic E-state index is 11.5. The van der Waals surface area contributed by atoms with Gasteiger partial charge in [-0.3, -0.25) is 0 Å². The molecular weight excluding hydrogens is 250 g/mol. The summed E-state index contributed by atoms with van der Waals surface area (Å²) in [6, 6.07) is 10.2. The van der Waals surface area contributed by atoms with Crippen LogP contribution in [0.25, 0.3) is 11.1 Å². The fourth-order valence-corrected chi connectivity index (χ4v) is 3.48. The third-order valence-corrected chi connectivity index (χ3v) is 4.98. The molecule has 0 fully saturated rings. The molecule has 17 heavy (non-hydrogen) atoms. The van der Waals surface area contributed by atoms with Crippen LogP contribution in [0.3, 0.4) is 0 Å². The molecule has 1 aromatic carbocycles. The van der Waals surface area contributed by atoms with Crippen molar-refractivity contribution in [3.8, 4) is 17.2 Å². The van der Waals surface area contributed by atoms with Crippen LogP contribution in [-0.2, 0) is 11.2 Å². The summed E-state index contributed by atoms with van der Waals surface area (Å²) >= 11 is 0.284. The van der Waals surface area contributed by atoms with Crippen LogP contribution < -0.4 is 0 Å². The van der Waals surface area contributed by atoms with Crippen LogP contribution in [0.1, 0.15) is 11.1 Å². The summed E-state index contributed by atoms with van der Waals surface area (Å²) < 4.78 is 12.1. The highest BCUT2D eigenvalue weighted by Gasteiger charge is 2.19. The molecule has 0 saturated heterocycles. The number of hydrogen-bond acceptors (Lipinski definition) is 3. The molecule has 2 rings (SSSR count). The number of thiophene rings is 1. The van der Waals surface area contributed by atoms with Crippen LogP contribution in [0.5, 0.6) is 0 Å². The highest BCUT2D eigenvalue weighted by Crippen LogP contribution is 2.33. The average molecular weight is 261 g/mol. The molecular formula is C13H11NOS2. The summed E-state index contributed by atoms with van der Waals surface area (Å²) in [5.41, 5.74) is 3.60. The number of hydrogen-bond donors (Lipinski definition) is 0. The number of benzene rings is 1. The molecule has 0 aliphatic carbocycles. The first-order valence-electron chi connectivity index (χ1n) is 5.05. The number of nitrogens with zero attached hydrogens (tertiary/aromatic N) is 1. The lowest BCUT2D eigenvalue weighted by Gasteiger charge is -2.02. The molecule has 0 saturated carbocycles. The first-order valence-corrected chi connectivity index (χ1v) is 7.49. The molecule has 0 radical (unpaired) electrons. The first kappa shape index (κ1) is 12.2. The lowest BCUT2D eigenvalue weighted by atomic mass is 10.0. The van der Waals surface area contributed by atoms with Crippen LogP contribution in [0.15, 0.2) is 33.9 Å². The van der Waals surface area contributed by atoms with Gasteiger partial charge in [-0.25, -0.2) is 0 Å². The second-order valence-corrected chi connectivity index (χ2v) is 6.20. The summed E-state index contributed by atoms with van der Waals surface area (Å²) in [4.78, 5) is 0. The molecule has 0 N–H and O–H groups in total. The highest BCUT2D eigenvalue weighted by molar-refractivity contribution is 7.92. The van der Waals surface area contributed by atoms with Gasteiger partial charge in [-0.05, 0) is 23.7 Å². The fourth-order valence-electron chi connectivity index (χ4n) is 1.60. The van der Waals surface area contributed by atoms with Gasteiger partial charge in [0.15, 0.2) is 0 Å². The zero-order chi connectivity index (χ0) is 12.4. The molecule has 0 amide bonds. The maximum Gasteiger partial charge on any atom is 0.224 e. The largest absolute Gasteiger partial charge is 0.611 e. The summed E-state index contributed by atoms with van der Waals surface area (Å²) in [6.07, 6.45) is 1.60. The number of nitriles is 1. The molecule has 1 atom stereocenters. The SMILES string of the molecule is Cc1ccc(-c2csc([S+](C)[O-])c2C#N)cc1. The Bertz CT molecular complexity index is 564. The Morgan fingerprint density at radius 1 is 1.29 bits per heavy atom. The quantitative estimate of drug-likeness (QED) is 0.778. The van der Waals surface area contributed by atoms with Gasteiger partial charge in [0.05, 0.1) is 0 Å². The van der Waals surface area contributed by atoms with Crippen molar-refractivity contribution < 1.29 is 4.55 Å². The minimum absolute atomic E-state index is 0.541. The lowest BCUT2D eigenvalue weighted by molar-refractivity contribution is 0.602. The lowest BCUT2D eigenvalue weighted by Crippen LogP contribution is -1.96. The van der Waals surface area contributed by atoms with Crippen LogP contribution in [0.4, 0.5) is 0 Å². The van der Waals surface area contributed by atoms with Gasteiger partial charge < -0.3 is 4.55 Å². The highest BCUT2D eigenvalue weighted by atomic mass is 32.2. The second kappa shape index (κ2) is 4.92.